The largest absolute Gasteiger partial charge is 0.411 e. The number of aryl methyl sites for hydroxylation is 1. The number of ether oxygens (including phenoxy) is 1. The molecule has 0 bridgehead atoms. The first-order valence-corrected chi connectivity index (χ1v) is 7.85. The second-order valence-electron chi connectivity index (χ2n) is 5.22. The quantitative estimate of drug-likeness (QED) is 0.757. The maximum absolute atomic E-state index is 12.2. The summed E-state index contributed by atoms with van der Waals surface area (Å²) in [5, 5.41) is 2.80. The maximum atomic E-state index is 12.2. The Balaban J connectivity index is 1.96. The van der Waals surface area contributed by atoms with Crippen molar-refractivity contribution < 1.29 is 22.7 Å². The number of carbonyl (C=O) groups is 1. The van der Waals surface area contributed by atoms with Gasteiger partial charge < -0.3 is 10.1 Å². The molecule has 0 heterocycles. The maximum Gasteiger partial charge on any atom is 0.411 e. The number of hydrogen-bond donors (Lipinski definition) is 1. The summed E-state index contributed by atoms with van der Waals surface area (Å²) in [6.07, 6.45) is -4.34. The van der Waals surface area contributed by atoms with Gasteiger partial charge in [-0.05, 0) is 48.4 Å². The molecule has 0 unspecified atom stereocenters. The fraction of sp³-hybridized carbons (Fsp3) is 0.235. The van der Waals surface area contributed by atoms with Crippen molar-refractivity contribution in [2.45, 2.75) is 19.7 Å². The molecule has 0 saturated heterocycles. The minimum absolute atomic E-state index is 0.159. The van der Waals surface area contributed by atoms with E-state index in [2.05, 4.69) is 26.0 Å². The Labute approximate surface area is 146 Å². The average Bonchev–Trinajstić information content (AvgIpc) is 2.49. The fourth-order valence-corrected chi connectivity index (χ4v) is 2.47. The first kappa shape index (κ1) is 18.5. The van der Waals surface area contributed by atoms with Crippen LogP contribution in [0.2, 0.25) is 0 Å². The van der Waals surface area contributed by atoms with Crippen molar-refractivity contribution in [2.24, 2.45) is 0 Å². The van der Waals surface area contributed by atoms with Crippen LogP contribution in [0.1, 0.15) is 21.5 Å². The molecule has 1 amide bonds. The van der Waals surface area contributed by atoms with E-state index < -0.39 is 12.8 Å². The lowest BCUT2D eigenvalue weighted by Crippen LogP contribution is -2.16. The van der Waals surface area contributed by atoms with E-state index in [1.807, 2.05) is 19.1 Å². The summed E-state index contributed by atoms with van der Waals surface area (Å²) < 4.78 is 41.5. The standard InChI is InChI=1S/C17H15BrF3NO2/c1-11-8-14(18)6-7-15(11)22-16(23)13-4-2-12(3-5-13)9-24-10-17(19,20)21/h2-8H,9-10H2,1H3,(H,22,23). The van der Waals surface area contributed by atoms with Gasteiger partial charge in [-0.3, -0.25) is 4.79 Å². The number of nitrogens with one attached hydrogen (secondary N) is 1. The third kappa shape index (κ3) is 5.65. The highest BCUT2D eigenvalue weighted by atomic mass is 79.9. The summed E-state index contributed by atoms with van der Waals surface area (Å²) in [5.41, 5.74) is 2.59. The second kappa shape index (κ2) is 7.81. The Morgan fingerprint density at radius 2 is 1.83 bits per heavy atom. The SMILES string of the molecule is Cc1cc(Br)ccc1NC(=O)c1ccc(COCC(F)(F)F)cc1. The molecule has 0 aliphatic rings. The first-order chi connectivity index (χ1) is 11.2. The molecule has 7 heteroatoms. The highest BCUT2D eigenvalue weighted by Gasteiger charge is 2.27. The van der Waals surface area contributed by atoms with Crippen LogP contribution >= 0.6 is 15.9 Å². The molecule has 0 aromatic heterocycles. The molecular weight excluding hydrogens is 387 g/mol. The normalized spacial score (nSPS) is 11.4. The van der Waals surface area contributed by atoms with Gasteiger partial charge in [-0.1, -0.05) is 28.1 Å². The van der Waals surface area contributed by atoms with Crippen molar-refractivity contribution >= 4 is 27.5 Å². The van der Waals surface area contributed by atoms with Gasteiger partial charge in [0, 0.05) is 15.7 Å². The van der Waals surface area contributed by atoms with Gasteiger partial charge in [-0.15, -0.1) is 0 Å². The Bertz CT molecular complexity index is 715. The Morgan fingerprint density at radius 3 is 2.42 bits per heavy atom. The highest BCUT2D eigenvalue weighted by molar-refractivity contribution is 9.10. The van der Waals surface area contributed by atoms with Crippen molar-refractivity contribution in [3.05, 3.63) is 63.6 Å². The number of halogens is 4. The van der Waals surface area contributed by atoms with Crippen LogP contribution in [0.3, 0.4) is 0 Å². The fourth-order valence-electron chi connectivity index (χ4n) is 2.00. The number of anilines is 1. The smallest absolute Gasteiger partial charge is 0.367 e. The van der Waals surface area contributed by atoms with E-state index in [1.165, 1.54) is 0 Å². The van der Waals surface area contributed by atoms with Gasteiger partial charge in [-0.2, -0.15) is 13.2 Å². The lowest BCUT2D eigenvalue weighted by atomic mass is 10.1. The summed E-state index contributed by atoms with van der Waals surface area (Å²) >= 11 is 3.35. The lowest BCUT2D eigenvalue weighted by molar-refractivity contribution is -0.176. The van der Waals surface area contributed by atoms with Crippen LogP contribution in [-0.2, 0) is 11.3 Å². The van der Waals surface area contributed by atoms with Gasteiger partial charge in [0.25, 0.3) is 5.91 Å². The van der Waals surface area contributed by atoms with Crippen LogP contribution < -0.4 is 5.32 Å². The van der Waals surface area contributed by atoms with E-state index in [9.17, 15) is 18.0 Å². The van der Waals surface area contributed by atoms with E-state index in [-0.39, 0.29) is 12.5 Å². The second-order valence-corrected chi connectivity index (χ2v) is 6.13. The number of amides is 1. The van der Waals surface area contributed by atoms with Crippen molar-refractivity contribution in [1.29, 1.82) is 0 Å². The molecule has 1 N–H and O–H groups in total. The predicted molar refractivity (Wildman–Crippen MR) is 89.0 cm³/mol. The van der Waals surface area contributed by atoms with Gasteiger partial charge in [-0.25, -0.2) is 0 Å². The van der Waals surface area contributed by atoms with Crippen molar-refractivity contribution in [1.82, 2.24) is 0 Å². The van der Waals surface area contributed by atoms with Crippen molar-refractivity contribution in [3.63, 3.8) is 0 Å². The molecule has 0 radical (unpaired) electrons. The molecule has 24 heavy (non-hydrogen) atoms. The summed E-state index contributed by atoms with van der Waals surface area (Å²) in [6.45, 7) is 0.423. The van der Waals surface area contributed by atoms with Crippen LogP contribution in [0.25, 0.3) is 0 Å². The molecule has 0 atom stereocenters. The molecule has 0 fully saturated rings. The van der Waals surface area contributed by atoms with Crippen LogP contribution in [0.4, 0.5) is 18.9 Å². The van der Waals surface area contributed by atoms with Crippen LogP contribution in [0, 0.1) is 6.92 Å². The molecular formula is C17H15BrF3NO2. The summed E-state index contributed by atoms with van der Waals surface area (Å²) in [4.78, 5) is 12.2. The van der Waals surface area contributed by atoms with E-state index in [4.69, 9.17) is 0 Å². The van der Waals surface area contributed by atoms with Gasteiger partial charge in [0.15, 0.2) is 0 Å². The molecule has 2 aromatic rings. The number of rotatable bonds is 5. The Morgan fingerprint density at radius 1 is 1.17 bits per heavy atom. The molecule has 2 rings (SSSR count). The van der Waals surface area contributed by atoms with Gasteiger partial charge >= 0.3 is 6.18 Å². The lowest BCUT2D eigenvalue weighted by Gasteiger charge is -2.10. The third-order valence-electron chi connectivity index (χ3n) is 3.19. The third-order valence-corrected chi connectivity index (χ3v) is 3.68. The minimum Gasteiger partial charge on any atom is -0.367 e. The number of benzene rings is 2. The van der Waals surface area contributed by atoms with Gasteiger partial charge in [0.1, 0.15) is 6.61 Å². The number of carbonyl (C=O) groups excluding carboxylic acids is 1. The Kier molecular flexibility index (Phi) is 6.01. The van der Waals surface area contributed by atoms with E-state index in [1.54, 1.807) is 30.3 Å². The summed E-state index contributed by atoms with van der Waals surface area (Å²) in [6, 6.07) is 11.7. The molecule has 0 aliphatic carbocycles. The molecule has 0 saturated carbocycles. The molecule has 0 spiro atoms. The minimum atomic E-state index is -4.34. The highest BCUT2D eigenvalue weighted by Crippen LogP contribution is 2.21. The van der Waals surface area contributed by atoms with Crippen LogP contribution in [-0.4, -0.2) is 18.7 Å². The zero-order valence-electron chi connectivity index (χ0n) is 12.8. The van der Waals surface area contributed by atoms with E-state index >= 15 is 0 Å². The summed E-state index contributed by atoms with van der Waals surface area (Å²) in [5.74, 6) is -0.289. The van der Waals surface area contributed by atoms with E-state index in [0.717, 1.165) is 10.0 Å². The van der Waals surface area contributed by atoms with E-state index in [0.29, 0.717) is 16.8 Å². The van der Waals surface area contributed by atoms with Gasteiger partial charge in [0.2, 0.25) is 0 Å². The van der Waals surface area contributed by atoms with Crippen molar-refractivity contribution in [3.8, 4) is 0 Å². The van der Waals surface area contributed by atoms with Crippen LogP contribution in [0.5, 0.6) is 0 Å². The zero-order valence-corrected chi connectivity index (χ0v) is 14.4. The zero-order chi connectivity index (χ0) is 17.7. The van der Waals surface area contributed by atoms with Crippen molar-refractivity contribution in [2.75, 3.05) is 11.9 Å². The molecule has 128 valence electrons. The van der Waals surface area contributed by atoms with Gasteiger partial charge in [0.05, 0.1) is 6.61 Å². The van der Waals surface area contributed by atoms with Crippen LogP contribution in [0.15, 0.2) is 46.9 Å². The molecule has 3 nitrogen and oxygen atoms in total. The number of alkyl halides is 3. The molecule has 0 aliphatic heterocycles. The summed E-state index contributed by atoms with van der Waals surface area (Å²) in [7, 11) is 0. The first-order valence-electron chi connectivity index (χ1n) is 7.05. The monoisotopic (exact) mass is 401 g/mol. The Hall–Kier alpha value is -1.86. The molecule has 2 aromatic carbocycles. The predicted octanol–water partition coefficient (Wildman–Crippen LogP) is 5.09. The average molecular weight is 402 g/mol. The number of hydrogen-bond acceptors (Lipinski definition) is 2. The topological polar surface area (TPSA) is 38.3 Å².